The largest absolute Gasteiger partial charge is 0.451 e. The minimum atomic E-state index is -4.58. The molecule has 2 heterocycles. The summed E-state index contributed by atoms with van der Waals surface area (Å²) >= 11 is 4.33. The number of alkyl halides is 3. The lowest BCUT2D eigenvalue weighted by Gasteiger charge is -2.10. The Kier molecular flexibility index (Phi) is 5.72. The van der Waals surface area contributed by atoms with Gasteiger partial charge >= 0.3 is 6.18 Å². The van der Waals surface area contributed by atoms with Crippen LogP contribution < -0.4 is 0 Å². The average Bonchev–Trinajstić information content (AvgIpc) is 3.13. The summed E-state index contributed by atoms with van der Waals surface area (Å²) in [6.07, 6.45) is -4.58. The van der Waals surface area contributed by atoms with Crippen LogP contribution in [0.5, 0.6) is 0 Å². The molecule has 148 valence electrons. The Balaban J connectivity index is 1.80. The third kappa shape index (κ3) is 4.02. The van der Waals surface area contributed by atoms with Crippen LogP contribution in [0, 0.1) is 13.8 Å². The molecule has 0 aliphatic carbocycles. The van der Waals surface area contributed by atoms with Crippen molar-refractivity contribution in [3.63, 3.8) is 0 Å². The maximum absolute atomic E-state index is 12.8. The first kappa shape index (κ1) is 20.7. The van der Waals surface area contributed by atoms with Gasteiger partial charge in [-0.2, -0.15) is 13.2 Å². The summed E-state index contributed by atoms with van der Waals surface area (Å²) < 4.78 is 42.2. The van der Waals surface area contributed by atoms with Crippen molar-refractivity contribution in [1.82, 2.24) is 19.3 Å². The third-order valence-corrected chi connectivity index (χ3v) is 5.79. The van der Waals surface area contributed by atoms with Gasteiger partial charge in [0.15, 0.2) is 10.9 Å². The molecule has 0 spiro atoms. The first-order valence-corrected chi connectivity index (χ1v) is 9.95. The van der Waals surface area contributed by atoms with Crippen LogP contribution in [0.3, 0.4) is 0 Å². The van der Waals surface area contributed by atoms with Gasteiger partial charge in [0, 0.05) is 34.2 Å². The summed E-state index contributed by atoms with van der Waals surface area (Å²) in [6, 6.07) is 9.49. The van der Waals surface area contributed by atoms with Gasteiger partial charge in [0.2, 0.25) is 5.82 Å². The van der Waals surface area contributed by atoms with Gasteiger partial charge in [-0.1, -0.05) is 27.7 Å². The van der Waals surface area contributed by atoms with Gasteiger partial charge < -0.3 is 9.13 Å². The van der Waals surface area contributed by atoms with Crippen molar-refractivity contribution in [3.05, 3.63) is 57.6 Å². The predicted molar refractivity (Wildman–Crippen MR) is 104 cm³/mol. The average molecular weight is 473 g/mol. The normalized spacial score (nSPS) is 11.8. The molecule has 0 fully saturated rings. The maximum Gasteiger partial charge on any atom is 0.451 e. The molecule has 28 heavy (non-hydrogen) atoms. The van der Waals surface area contributed by atoms with E-state index in [-0.39, 0.29) is 16.7 Å². The first-order valence-electron chi connectivity index (χ1n) is 8.17. The van der Waals surface area contributed by atoms with E-state index in [1.54, 1.807) is 6.07 Å². The number of carbonyl (C=O) groups is 1. The van der Waals surface area contributed by atoms with Gasteiger partial charge in [-0.05, 0) is 44.2 Å². The molecule has 5 nitrogen and oxygen atoms in total. The summed E-state index contributed by atoms with van der Waals surface area (Å²) in [5, 5.41) is 6.75. The second kappa shape index (κ2) is 7.75. The first-order chi connectivity index (χ1) is 13.1. The van der Waals surface area contributed by atoms with Crippen molar-refractivity contribution in [2.24, 2.45) is 7.05 Å². The number of halogens is 4. The molecule has 0 atom stereocenters. The number of hydrogen-bond donors (Lipinski definition) is 0. The number of ketones is 1. The van der Waals surface area contributed by atoms with E-state index in [2.05, 4.69) is 26.1 Å². The summed E-state index contributed by atoms with van der Waals surface area (Å²) in [7, 11) is 1.23. The smallest absolute Gasteiger partial charge is 0.318 e. The summed E-state index contributed by atoms with van der Waals surface area (Å²) in [6.45, 7) is 3.74. The van der Waals surface area contributed by atoms with Crippen LogP contribution in [0.4, 0.5) is 13.2 Å². The second-order valence-electron chi connectivity index (χ2n) is 6.17. The number of benzene rings is 1. The van der Waals surface area contributed by atoms with Crippen molar-refractivity contribution in [2.45, 2.75) is 25.2 Å². The fourth-order valence-electron chi connectivity index (χ4n) is 2.93. The Morgan fingerprint density at radius 3 is 2.39 bits per heavy atom. The zero-order valence-corrected chi connectivity index (χ0v) is 17.6. The third-order valence-electron chi connectivity index (χ3n) is 4.24. The zero-order chi connectivity index (χ0) is 20.6. The molecule has 0 radical (unpaired) electrons. The van der Waals surface area contributed by atoms with E-state index < -0.39 is 12.0 Å². The van der Waals surface area contributed by atoms with Gasteiger partial charge in [0.1, 0.15) is 0 Å². The number of hydrogen-bond acceptors (Lipinski definition) is 4. The lowest BCUT2D eigenvalue weighted by molar-refractivity contribution is -0.147. The molecule has 0 bridgehead atoms. The van der Waals surface area contributed by atoms with Crippen molar-refractivity contribution >= 4 is 33.5 Å². The molecular formula is C18H16BrF3N4OS. The van der Waals surface area contributed by atoms with E-state index in [9.17, 15) is 18.0 Å². The molecule has 0 saturated heterocycles. The minimum absolute atomic E-state index is 0.0333. The van der Waals surface area contributed by atoms with Crippen molar-refractivity contribution in [3.8, 4) is 5.69 Å². The summed E-state index contributed by atoms with van der Waals surface area (Å²) in [5.41, 5.74) is 3.13. The van der Waals surface area contributed by atoms with E-state index >= 15 is 0 Å². The highest BCUT2D eigenvalue weighted by Gasteiger charge is 2.37. The highest BCUT2D eigenvalue weighted by molar-refractivity contribution is 9.10. The number of rotatable bonds is 5. The second-order valence-corrected chi connectivity index (χ2v) is 8.03. The predicted octanol–water partition coefficient (Wildman–Crippen LogP) is 4.98. The Labute approximate surface area is 172 Å². The van der Waals surface area contributed by atoms with Crippen LogP contribution >= 0.6 is 27.7 Å². The van der Waals surface area contributed by atoms with Crippen LogP contribution in [-0.4, -0.2) is 30.9 Å². The number of aryl methyl sites for hydroxylation is 1. The van der Waals surface area contributed by atoms with E-state index in [1.807, 2.05) is 42.7 Å². The van der Waals surface area contributed by atoms with Crippen LogP contribution in [0.25, 0.3) is 5.69 Å². The SMILES string of the molecule is Cc1cc(C(=O)CSc2nnc(C(F)(F)F)n2C)c(C)n1-c1ccc(Br)cc1. The summed E-state index contributed by atoms with van der Waals surface area (Å²) in [5.74, 6) is -1.30. The molecule has 0 aliphatic heterocycles. The van der Waals surface area contributed by atoms with Crippen LogP contribution in [0.1, 0.15) is 27.6 Å². The zero-order valence-electron chi connectivity index (χ0n) is 15.2. The van der Waals surface area contributed by atoms with E-state index in [0.29, 0.717) is 5.56 Å². The highest BCUT2D eigenvalue weighted by atomic mass is 79.9. The van der Waals surface area contributed by atoms with Gasteiger partial charge in [0.25, 0.3) is 0 Å². The number of thioether (sulfide) groups is 1. The van der Waals surface area contributed by atoms with Gasteiger partial charge in [-0.25, -0.2) is 0 Å². The molecule has 3 rings (SSSR count). The molecule has 0 aliphatic rings. The van der Waals surface area contributed by atoms with E-state index in [0.717, 1.165) is 37.9 Å². The monoisotopic (exact) mass is 472 g/mol. The van der Waals surface area contributed by atoms with Crippen molar-refractivity contribution in [1.29, 1.82) is 0 Å². The molecule has 10 heteroatoms. The molecule has 2 aromatic heterocycles. The fraction of sp³-hybridized carbons (Fsp3) is 0.278. The lowest BCUT2D eigenvalue weighted by atomic mass is 10.2. The number of carbonyl (C=O) groups excluding carboxylic acids is 1. The fourth-order valence-corrected chi connectivity index (χ4v) is 3.99. The van der Waals surface area contributed by atoms with Crippen LogP contribution in [0.2, 0.25) is 0 Å². The number of nitrogens with zero attached hydrogens (tertiary/aromatic N) is 4. The Hall–Kier alpha value is -2.07. The molecule has 0 unspecified atom stereocenters. The molecule has 1 aromatic carbocycles. The number of aromatic nitrogens is 4. The van der Waals surface area contributed by atoms with E-state index in [1.165, 1.54) is 7.05 Å². The van der Waals surface area contributed by atoms with Gasteiger partial charge in [-0.15, -0.1) is 10.2 Å². The molecule has 0 amide bonds. The Bertz CT molecular complexity index is 1020. The lowest BCUT2D eigenvalue weighted by Crippen LogP contribution is -2.13. The van der Waals surface area contributed by atoms with Crippen molar-refractivity contribution in [2.75, 3.05) is 5.75 Å². The standard InChI is InChI=1S/C18H16BrF3N4OS/c1-10-8-14(11(2)26(10)13-6-4-12(19)5-7-13)15(27)9-28-17-24-23-16(25(17)3)18(20,21)22/h4-8H,9H2,1-3H3. The Morgan fingerprint density at radius 2 is 1.82 bits per heavy atom. The van der Waals surface area contributed by atoms with Gasteiger partial charge in [0.05, 0.1) is 5.75 Å². The minimum Gasteiger partial charge on any atom is -0.318 e. The number of Topliss-reactive ketones (excluding diaryl/α,β-unsaturated/α-hetero) is 1. The van der Waals surface area contributed by atoms with Crippen LogP contribution in [-0.2, 0) is 13.2 Å². The Morgan fingerprint density at radius 1 is 1.18 bits per heavy atom. The quantitative estimate of drug-likeness (QED) is 0.388. The molecule has 0 N–H and O–H groups in total. The molecule has 3 aromatic rings. The van der Waals surface area contributed by atoms with E-state index in [4.69, 9.17) is 0 Å². The van der Waals surface area contributed by atoms with Gasteiger partial charge in [-0.3, -0.25) is 4.79 Å². The summed E-state index contributed by atoms with van der Waals surface area (Å²) in [4.78, 5) is 12.7. The molecule has 0 saturated carbocycles. The highest BCUT2D eigenvalue weighted by Crippen LogP contribution is 2.30. The molecular weight excluding hydrogens is 457 g/mol. The maximum atomic E-state index is 12.8. The van der Waals surface area contributed by atoms with Crippen LogP contribution in [0.15, 0.2) is 40.0 Å². The van der Waals surface area contributed by atoms with Crippen molar-refractivity contribution < 1.29 is 18.0 Å². The topological polar surface area (TPSA) is 52.7 Å².